The molecule has 2 amide bonds. The summed E-state index contributed by atoms with van der Waals surface area (Å²) in [7, 11) is 0. The predicted molar refractivity (Wildman–Crippen MR) is 117 cm³/mol. The molecule has 7 heteroatoms. The van der Waals surface area contributed by atoms with Gasteiger partial charge in [-0.25, -0.2) is 4.98 Å². The average molecular weight is 449 g/mol. The van der Waals surface area contributed by atoms with Gasteiger partial charge in [-0.2, -0.15) is 0 Å². The van der Waals surface area contributed by atoms with Crippen molar-refractivity contribution in [2.45, 2.75) is 6.92 Å². The number of aromatic amines is 1. The Labute approximate surface area is 175 Å². The Morgan fingerprint density at radius 1 is 0.966 bits per heavy atom. The maximum Gasteiger partial charge on any atom is 0.258 e. The standard InChI is InChI=1S/C22H17BrN4O2/c1-13-20(17-7-2-3-8-18(17)25-13)22(29)26-16-6-4-5-14(11-16)21(28)27-19-10-9-15(23)12-24-19/h2-12,25H,1H3,(H,26,29)(H,24,27,28). The minimum atomic E-state index is -0.306. The number of fused-ring (bicyclic) bond motifs is 1. The van der Waals surface area contributed by atoms with Crippen LogP contribution < -0.4 is 10.6 Å². The molecule has 4 rings (SSSR count). The number of nitrogens with zero attached hydrogens (tertiary/aromatic N) is 1. The lowest BCUT2D eigenvalue weighted by Gasteiger charge is -2.08. The first-order chi connectivity index (χ1) is 14.0. The fourth-order valence-corrected chi connectivity index (χ4v) is 3.37. The van der Waals surface area contributed by atoms with Crippen molar-refractivity contribution in [3.05, 3.63) is 88.2 Å². The summed E-state index contributed by atoms with van der Waals surface area (Å²) in [5.74, 6) is -0.0895. The molecule has 2 aromatic carbocycles. The van der Waals surface area contributed by atoms with Crippen molar-refractivity contribution in [2.24, 2.45) is 0 Å². The molecule has 6 nitrogen and oxygen atoms in total. The van der Waals surface area contributed by atoms with Gasteiger partial charge in [0.2, 0.25) is 0 Å². The zero-order valence-corrected chi connectivity index (χ0v) is 17.1. The lowest BCUT2D eigenvalue weighted by Crippen LogP contribution is -2.15. The first-order valence-corrected chi connectivity index (χ1v) is 9.72. The third kappa shape index (κ3) is 4.05. The second-order valence-electron chi connectivity index (χ2n) is 6.52. The molecule has 0 aliphatic rings. The van der Waals surface area contributed by atoms with Gasteiger partial charge in [-0.1, -0.05) is 24.3 Å². The maximum atomic E-state index is 12.9. The highest BCUT2D eigenvalue weighted by Crippen LogP contribution is 2.23. The van der Waals surface area contributed by atoms with Gasteiger partial charge in [0.1, 0.15) is 5.82 Å². The Morgan fingerprint density at radius 3 is 2.59 bits per heavy atom. The molecular weight excluding hydrogens is 432 g/mol. The first-order valence-electron chi connectivity index (χ1n) is 8.93. The second-order valence-corrected chi connectivity index (χ2v) is 7.44. The van der Waals surface area contributed by atoms with Crippen molar-refractivity contribution < 1.29 is 9.59 Å². The van der Waals surface area contributed by atoms with E-state index in [1.807, 2.05) is 31.2 Å². The highest BCUT2D eigenvalue weighted by molar-refractivity contribution is 9.10. The number of amides is 2. The number of nitrogens with one attached hydrogen (secondary N) is 3. The smallest absolute Gasteiger partial charge is 0.258 e. The minimum Gasteiger partial charge on any atom is -0.358 e. The second kappa shape index (κ2) is 7.89. The fourth-order valence-electron chi connectivity index (χ4n) is 3.14. The molecule has 144 valence electrons. The number of hydrogen-bond donors (Lipinski definition) is 3. The lowest BCUT2D eigenvalue weighted by atomic mass is 10.1. The molecule has 3 N–H and O–H groups in total. The zero-order valence-electron chi connectivity index (χ0n) is 15.5. The Hall–Kier alpha value is -3.45. The number of H-pyrrole nitrogens is 1. The number of carbonyl (C=O) groups is 2. The van der Waals surface area contributed by atoms with Gasteiger partial charge in [-0.15, -0.1) is 0 Å². The molecule has 0 unspecified atom stereocenters. The minimum absolute atomic E-state index is 0.230. The maximum absolute atomic E-state index is 12.9. The monoisotopic (exact) mass is 448 g/mol. The van der Waals surface area contributed by atoms with Crippen LogP contribution in [0.1, 0.15) is 26.4 Å². The summed E-state index contributed by atoms with van der Waals surface area (Å²) < 4.78 is 0.827. The first kappa shape index (κ1) is 18.9. The summed E-state index contributed by atoms with van der Waals surface area (Å²) in [6.07, 6.45) is 1.61. The molecule has 0 fully saturated rings. The van der Waals surface area contributed by atoms with Crippen LogP contribution in [-0.4, -0.2) is 21.8 Å². The molecule has 0 spiro atoms. The molecule has 0 aliphatic heterocycles. The van der Waals surface area contributed by atoms with Crippen LogP contribution in [0.15, 0.2) is 71.3 Å². The Kier molecular flexibility index (Phi) is 5.14. The number of halogens is 1. The number of benzene rings is 2. The Balaban J connectivity index is 1.54. The number of pyridine rings is 1. The number of aromatic nitrogens is 2. The molecule has 2 heterocycles. The Morgan fingerprint density at radius 2 is 1.79 bits per heavy atom. The van der Waals surface area contributed by atoms with Crippen molar-refractivity contribution >= 4 is 50.2 Å². The molecule has 0 saturated heterocycles. The van der Waals surface area contributed by atoms with E-state index in [1.54, 1.807) is 42.6 Å². The van der Waals surface area contributed by atoms with E-state index in [9.17, 15) is 9.59 Å². The van der Waals surface area contributed by atoms with Gasteiger partial charge in [0.05, 0.1) is 5.56 Å². The van der Waals surface area contributed by atoms with Crippen molar-refractivity contribution in [1.29, 1.82) is 0 Å². The zero-order chi connectivity index (χ0) is 20.4. The Bertz CT molecular complexity index is 1220. The van der Waals surface area contributed by atoms with Gasteiger partial charge in [-0.3, -0.25) is 9.59 Å². The van der Waals surface area contributed by atoms with Crippen LogP contribution in [0.5, 0.6) is 0 Å². The van der Waals surface area contributed by atoms with Gasteiger partial charge in [0.25, 0.3) is 11.8 Å². The van der Waals surface area contributed by atoms with Gasteiger partial charge in [0, 0.05) is 38.5 Å². The molecule has 0 saturated carbocycles. The number of aryl methyl sites for hydroxylation is 1. The average Bonchev–Trinajstić information content (AvgIpc) is 3.05. The summed E-state index contributed by atoms with van der Waals surface area (Å²) >= 11 is 3.31. The molecule has 0 bridgehead atoms. The van der Waals surface area contributed by atoms with Crippen LogP contribution in [0, 0.1) is 6.92 Å². The number of carbonyl (C=O) groups excluding carboxylic acids is 2. The van der Waals surface area contributed by atoms with E-state index in [0.29, 0.717) is 22.6 Å². The predicted octanol–water partition coefficient (Wildman–Crippen LogP) is 5.14. The van der Waals surface area contributed by atoms with E-state index in [-0.39, 0.29) is 11.8 Å². The summed E-state index contributed by atoms with van der Waals surface area (Å²) in [5.41, 5.74) is 3.25. The van der Waals surface area contributed by atoms with Gasteiger partial charge >= 0.3 is 0 Å². The van der Waals surface area contributed by atoms with E-state index in [1.165, 1.54) is 0 Å². The summed E-state index contributed by atoms with van der Waals surface area (Å²) in [6.45, 7) is 1.87. The molecule has 0 aliphatic carbocycles. The van der Waals surface area contributed by atoms with E-state index >= 15 is 0 Å². The normalized spacial score (nSPS) is 10.7. The van der Waals surface area contributed by atoms with Crippen molar-refractivity contribution in [2.75, 3.05) is 10.6 Å². The van der Waals surface area contributed by atoms with E-state index < -0.39 is 0 Å². The van der Waals surface area contributed by atoms with Gasteiger partial charge in [0.15, 0.2) is 0 Å². The van der Waals surface area contributed by atoms with E-state index in [0.717, 1.165) is 21.1 Å². The topological polar surface area (TPSA) is 86.9 Å². The molecule has 0 radical (unpaired) electrons. The molecular formula is C22H17BrN4O2. The highest BCUT2D eigenvalue weighted by atomic mass is 79.9. The number of para-hydroxylation sites is 1. The largest absolute Gasteiger partial charge is 0.358 e. The van der Waals surface area contributed by atoms with E-state index in [4.69, 9.17) is 0 Å². The summed E-state index contributed by atoms with van der Waals surface area (Å²) in [6, 6.07) is 17.9. The number of anilines is 2. The van der Waals surface area contributed by atoms with Crippen molar-refractivity contribution in [3.63, 3.8) is 0 Å². The number of hydrogen-bond acceptors (Lipinski definition) is 3. The van der Waals surface area contributed by atoms with Crippen LogP contribution in [0.25, 0.3) is 10.9 Å². The van der Waals surface area contributed by atoms with Crippen LogP contribution >= 0.6 is 15.9 Å². The number of rotatable bonds is 4. The highest BCUT2D eigenvalue weighted by Gasteiger charge is 2.16. The van der Waals surface area contributed by atoms with Crippen molar-refractivity contribution in [3.8, 4) is 0 Å². The molecule has 4 aromatic rings. The summed E-state index contributed by atoms with van der Waals surface area (Å²) in [4.78, 5) is 32.7. The van der Waals surface area contributed by atoms with Crippen LogP contribution in [-0.2, 0) is 0 Å². The van der Waals surface area contributed by atoms with Gasteiger partial charge < -0.3 is 15.6 Å². The SMILES string of the molecule is Cc1[nH]c2ccccc2c1C(=O)Nc1cccc(C(=O)Nc2ccc(Br)cn2)c1. The molecule has 29 heavy (non-hydrogen) atoms. The van der Waals surface area contributed by atoms with Crippen molar-refractivity contribution in [1.82, 2.24) is 9.97 Å². The van der Waals surface area contributed by atoms with Gasteiger partial charge in [-0.05, 0) is 59.3 Å². The van der Waals surface area contributed by atoms with Crippen LogP contribution in [0.3, 0.4) is 0 Å². The summed E-state index contributed by atoms with van der Waals surface area (Å²) in [5, 5.41) is 6.48. The van der Waals surface area contributed by atoms with E-state index in [2.05, 4.69) is 36.5 Å². The van der Waals surface area contributed by atoms with Crippen LogP contribution in [0.2, 0.25) is 0 Å². The third-order valence-corrected chi connectivity index (χ3v) is 4.94. The quantitative estimate of drug-likeness (QED) is 0.403. The fraction of sp³-hybridized carbons (Fsp3) is 0.0455. The third-order valence-electron chi connectivity index (χ3n) is 4.47. The lowest BCUT2D eigenvalue weighted by molar-refractivity contribution is 0.101. The molecule has 2 aromatic heterocycles. The van der Waals surface area contributed by atoms with Crippen LogP contribution in [0.4, 0.5) is 11.5 Å². The molecule has 0 atom stereocenters.